The fourth-order valence-electron chi connectivity index (χ4n) is 1.78. The first-order valence-electron chi connectivity index (χ1n) is 6.53. The molecule has 1 aromatic carbocycles. The number of nitrogens with zero attached hydrogens (tertiary/aromatic N) is 1. The van der Waals surface area contributed by atoms with Gasteiger partial charge in [0, 0.05) is 12.0 Å². The van der Waals surface area contributed by atoms with E-state index in [2.05, 4.69) is 22.1 Å². The van der Waals surface area contributed by atoms with Crippen LogP contribution in [0, 0.1) is 25.7 Å². The highest BCUT2D eigenvalue weighted by Crippen LogP contribution is 2.19. The number of hydrogen-bond donors (Lipinski definition) is 2. The fourth-order valence-corrected chi connectivity index (χ4v) is 2.48. The van der Waals surface area contributed by atoms with E-state index >= 15 is 0 Å². The van der Waals surface area contributed by atoms with Gasteiger partial charge in [-0.15, -0.1) is 11.3 Å². The summed E-state index contributed by atoms with van der Waals surface area (Å²) in [5.74, 6) is 5.68. The van der Waals surface area contributed by atoms with Crippen LogP contribution in [0.25, 0.3) is 0 Å². The summed E-state index contributed by atoms with van der Waals surface area (Å²) >= 11 is 1.32. The zero-order chi connectivity index (χ0) is 15.2. The number of benzene rings is 1. The lowest BCUT2D eigenvalue weighted by atomic mass is 10.1. The molecule has 0 unspecified atom stereocenters. The molecular weight excluding hydrogens is 284 g/mol. The molecule has 108 valence electrons. The van der Waals surface area contributed by atoms with Crippen molar-refractivity contribution in [1.29, 1.82) is 0 Å². The number of nitrogens with one attached hydrogen (secondary N) is 1. The first kappa shape index (κ1) is 15.2. The lowest BCUT2D eigenvalue weighted by Gasteiger charge is -2.08. The van der Waals surface area contributed by atoms with Gasteiger partial charge in [-0.2, -0.15) is 0 Å². The normalized spacial score (nSPS) is 9.86. The van der Waals surface area contributed by atoms with Crippen molar-refractivity contribution >= 4 is 22.9 Å². The van der Waals surface area contributed by atoms with Gasteiger partial charge in [0.1, 0.15) is 4.88 Å². The Hall–Kier alpha value is -2.16. The van der Waals surface area contributed by atoms with E-state index in [1.54, 1.807) is 5.51 Å². The van der Waals surface area contributed by atoms with E-state index in [4.69, 9.17) is 5.11 Å². The summed E-state index contributed by atoms with van der Waals surface area (Å²) in [5.41, 5.74) is 4.86. The first-order chi connectivity index (χ1) is 10.1. The minimum Gasteiger partial charge on any atom is -0.395 e. The van der Waals surface area contributed by atoms with Crippen LogP contribution in [0.3, 0.4) is 0 Å². The Labute approximate surface area is 127 Å². The molecule has 1 aromatic heterocycles. The van der Waals surface area contributed by atoms with Crippen LogP contribution >= 0.6 is 11.3 Å². The molecule has 2 N–H and O–H groups in total. The van der Waals surface area contributed by atoms with Gasteiger partial charge in [-0.25, -0.2) is 4.98 Å². The number of aromatic nitrogens is 1. The van der Waals surface area contributed by atoms with Crippen LogP contribution in [-0.4, -0.2) is 22.6 Å². The molecule has 1 heterocycles. The third-order valence-corrected chi connectivity index (χ3v) is 3.76. The summed E-state index contributed by atoms with van der Waals surface area (Å²) in [6, 6.07) is 5.68. The van der Waals surface area contributed by atoms with Crippen LogP contribution in [0.15, 0.2) is 23.7 Å². The molecular formula is C16H16N2O2S. The first-order valence-corrected chi connectivity index (χ1v) is 7.41. The summed E-state index contributed by atoms with van der Waals surface area (Å²) in [6.45, 7) is 3.80. The number of aliphatic hydroxyl groups is 1. The Morgan fingerprint density at radius 1 is 1.43 bits per heavy atom. The molecule has 4 nitrogen and oxygen atoms in total. The number of amides is 1. The van der Waals surface area contributed by atoms with Crippen molar-refractivity contribution in [1.82, 2.24) is 4.98 Å². The van der Waals surface area contributed by atoms with Gasteiger partial charge in [-0.3, -0.25) is 4.79 Å². The topological polar surface area (TPSA) is 62.2 Å². The van der Waals surface area contributed by atoms with Crippen molar-refractivity contribution in [2.45, 2.75) is 20.3 Å². The quantitative estimate of drug-likeness (QED) is 0.857. The Kier molecular flexibility index (Phi) is 5.09. The van der Waals surface area contributed by atoms with Gasteiger partial charge in [0.15, 0.2) is 0 Å². The molecule has 0 saturated heterocycles. The third-order valence-electron chi connectivity index (χ3n) is 2.83. The number of carbonyl (C=O) groups excluding carboxylic acids is 1. The molecule has 0 saturated carbocycles. The van der Waals surface area contributed by atoms with E-state index in [1.807, 2.05) is 32.0 Å². The summed E-state index contributed by atoms with van der Waals surface area (Å²) in [4.78, 5) is 16.9. The molecule has 2 aromatic rings. The number of aryl methyl sites for hydroxylation is 2. The summed E-state index contributed by atoms with van der Waals surface area (Å²) in [7, 11) is 0. The molecule has 2 rings (SSSR count). The zero-order valence-electron chi connectivity index (χ0n) is 11.9. The Bertz CT molecular complexity index is 711. The van der Waals surface area contributed by atoms with Crippen molar-refractivity contribution in [2.75, 3.05) is 11.9 Å². The van der Waals surface area contributed by atoms with Gasteiger partial charge in [0.05, 0.1) is 23.5 Å². The lowest BCUT2D eigenvalue weighted by molar-refractivity contribution is 0.103. The second-order valence-corrected chi connectivity index (χ2v) is 5.40. The number of rotatable bonds is 3. The number of thiazole rings is 1. The number of anilines is 1. The molecule has 0 aliphatic rings. The molecule has 5 heteroatoms. The van der Waals surface area contributed by atoms with E-state index in [0.29, 0.717) is 17.0 Å². The molecule has 0 bridgehead atoms. The number of carbonyl (C=O) groups is 1. The Balaban J connectivity index is 2.26. The van der Waals surface area contributed by atoms with Crippen molar-refractivity contribution in [2.24, 2.45) is 0 Å². The van der Waals surface area contributed by atoms with Gasteiger partial charge >= 0.3 is 0 Å². The molecule has 0 aliphatic carbocycles. The standard InChI is InChI=1S/C16H16N2O2S/c1-11-6-7-14(13(9-11)5-3-4-8-19)18-16(20)15-12(2)17-10-21-15/h6-7,9-10,19H,4,8H2,1-2H3,(H,18,20). The van der Waals surface area contributed by atoms with E-state index in [-0.39, 0.29) is 12.5 Å². The second kappa shape index (κ2) is 7.02. The van der Waals surface area contributed by atoms with Crippen LogP contribution in [0.1, 0.15) is 32.9 Å². The predicted molar refractivity (Wildman–Crippen MR) is 84.6 cm³/mol. The van der Waals surface area contributed by atoms with E-state index in [1.165, 1.54) is 11.3 Å². The predicted octanol–water partition coefficient (Wildman–Crippen LogP) is 2.75. The Morgan fingerprint density at radius 2 is 2.24 bits per heavy atom. The molecule has 0 atom stereocenters. The summed E-state index contributed by atoms with van der Waals surface area (Å²) < 4.78 is 0. The van der Waals surface area contributed by atoms with Gasteiger partial charge in [0.2, 0.25) is 0 Å². The van der Waals surface area contributed by atoms with Gasteiger partial charge in [-0.05, 0) is 31.5 Å². The fraction of sp³-hybridized carbons (Fsp3) is 0.250. The maximum absolute atomic E-state index is 12.2. The van der Waals surface area contributed by atoms with Gasteiger partial charge < -0.3 is 10.4 Å². The highest BCUT2D eigenvalue weighted by Gasteiger charge is 2.13. The van der Waals surface area contributed by atoms with E-state index in [0.717, 1.165) is 16.8 Å². The minimum atomic E-state index is -0.177. The van der Waals surface area contributed by atoms with E-state index < -0.39 is 0 Å². The lowest BCUT2D eigenvalue weighted by Crippen LogP contribution is -2.12. The van der Waals surface area contributed by atoms with Gasteiger partial charge in [0.25, 0.3) is 5.91 Å². The maximum Gasteiger partial charge on any atom is 0.267 e. The van der Waals surface area contributed by atoms with Crippen LogP contribution in [0.2, 0.25) is 0 Å². The summed E-state index contributed by atoms with van der Waals surface area (Å²) in [6.07, 6.45) is 0.412. The van der Waals surface area contributed by atoms with Crippen molar-refractivity contribution in [3.63, 3.8) is 0 Å². The third kappa shape index (κ3) is 3.91. The zero-order valence-corrected chi connectivity index (χ0v) is 12.8. The SMILES string of the molecule is Cc1ccc(NC(=O)c2scnc2C)c(C#CCCO)c1. The van der Waals surface area contributed by atoms with Crippen LogP contribution in [0.4, 0.5) is 5.69 Å². The molecule has 0 spiro atoms. The molecule has 0 aliphatic heterocycles. The average molecular weight is 300 g/mol. The number of aliphatic hydroxyl groups excluding tert-OH is 1. The highest BCUT2D eigenvalue weighted by molar-refractivity contribution is 7.12. The highest BCUT2D eigenvalue weighted by atomic mass is 32.1. The molecule has 0 fully saturated rings. The van der Waals surface area contributed by atoms with Crippen LogP contribution in [-0.2, 0) is 0 Å². The largest absolute Gasteiger partial charge is 0.395 e. The average Bonchev–Trinajstić information content (AvgIpc) is 2.88. The van der Waals surface area contributed by atoms with Gasteiger partial charge in [-0.1, -0.05) is 17.9 Å². The van der Waals surface area contributed by atoms with E-state index in [9.17, 15) is 4.79 Å². The maximum atomic E-state index is 12.2. The van der Waals surface area contributed by atoms with Crippen molar-refractivity contribution in [3.8, 4) is 11.8 Å². The van der Waals surface area contributed by atoms with Crippen LogP contribution in [0.5, 0.6) is 0 Å². The Morgan fingerprint density at radius 3 is 2.90 bits per heavy atom. The van der Waals surface area contributed by atoms with Crippen LogP contribution < -0.4 is 5.32 Å². The second-order valence-electron chi connectivity index (χ2n) is 4.55. The summed E-state index contributed by atoms with van der Waals surface area (Å²) in [5, 5.41) is 11.7. The van der Waals surface area contributed by atoms with Crippen molar-refractivity contribution in [3.05, 3.63) is 45.4 Å². The van der Waals surface area contributed by atoms with Crippen molar-refractivity contribution < 1.29 is 9.90 Å². The smallest absolute Gasteiger partial charge is 0.267 e. The number of hydrogen-bond acceptors (Lipinski definition) is 4. The molecule has 0 radical (unpaired) electrons. The molecule has 1 amide bonds. The molecule has 21 heavy (non-hydrogen) atoms. The monoisotopic (exact) mass is 300 g/mol. The minimum absolute atomic E-state index is 0.0283.